The van der Waals surface area contributed by atoms with Crippen LogP contribution in [0.2, 0.25) is 0 Å². The number of rotatable bonds is 1. The summed E-state index contributed by atoms with van der Waals surface area (Å²) in [4.78, 5) is 14.3. The second-order valence-corrected chi connectivity index (χ2v) is 3.28. The van der Waals surface area contributed by atoms with Gasteiger partial charge in [0, 0.05) is 6.20 Å². The first-order chi connectivity index (χ1) is 5.77. The van der Waals surface area contributed by atoms with Crippen LogP contribution >= 0.6 is 11.3 Å². The maximum atomic E-state index is 10.5. The van der Waals surface area contributed by atoms with E-state index in [2.05, 4.69) is 4.98 Å². The van der Waals surface area contributed by atoms with E-state index < -0.39 is 5.97 Å². The maximum Gasteiger partial charge on any atom is 0.354 e. The van der Waals surface area contributed by atoms with Crippen LogP contribution in [0.4, 0.5) is 0 Å². The van der Waals surface area contributed by atoms with E-state index in [0.717, 1.165) is 10.1 Å². The molecule has 12 heavy (non-hydrogen) atoms. The van der Waals surface area contributed by atoms with E-state index in [9.17, 15) is 4.79 Å². The van der Waals surface area contributed by atoms with E-state index >= 15 is 0 Å². The fourth-order valence-electron chi connectivity index (χ4n) is 0.985. The molecule has 2 aromatic heterocycles. The Balaban J connectivity index is 2.68. The van der Waals surface area contributed by atoms with Crippen molar-refractivity contribution in [3.8, 4) is 0 Å². The third kappa shape index (κ3) is 1.06. The van der Waals surface area contributed by atoms with Gasteiger partial charge in [-0.05, 0) is 22.9 Å². The molecule has 2 aromatic rings. The fourth-order valence-corrected chi connectivity index (χ4v) is 1.72. The van der Waals surface area contributed by atoms with Crippen molar-refractivity contribution < 1.29 is 9.90 Å². The van der Waals surface area contributed by atoms with Gasteiger partial charge in [-0.15, -0.1) is 11.3 Å². The molecule has 0 atom stereocenters. The minimum atomic E-state index is -0.983. The number of nitrogens with zero attached hydrogens (tertiary/aromatic N) is 1. The van der Waals surface area contributed by atoms with Crippen molar-refractivity contribution in [3.63, 3.8) is 0 Å². The molecule has 0 aliphatic rings. The number of hydrogen-bond acceptors (Lipinski definition) is 3. The number of pyridine rings is 1. The summed E-state index contributed by atoms with van der Waals surface area (Å²) in [6, 6.07) is 3.46. The monoisotopic (exact) mass is 179 g/mol. The molecule has 60 valence electrons. The summed E-state index contributed by atoms with van der Waals surface area (Å²) in [5.41, 5.74) is 0.0981. The van der Waals surface area contributed by atoms with Gasteiger partial charge in [0.05, 0.1) is 4.70 Å². The molecule has 2 heterocycles. The average Bonchev–Trinajstić information content (AvgIpc) is 2.49. The molecule has 3 nitrogen and oxygen atoms in total. The second-order valence-electron chi connectivity index (χ2n) is 2.33. The zero-order chi connectivity index (χ0) is 8.55. The third-order valence-electron chi connectivity index (χ3n) is 1.56. The first-order valence-corrected chi connectivity index (χ1v) is 4.22. The van der Waals surface area contributed by atoms with Crippen LogP contribution in [0.15, 0.2) is 23.7 Å². The van der Waals surface area contributed by atoms with Gasteiger partial charge >= 0.3 is 5.97 Å². The predicted octanol–water partition coefficient (Wildman–Crippen LogP) is 1.99. The van der Waals surface area contributed by atoms with Gasteiger partial charge in [0.25, 0.3) is 0 Å². The Hall–Kier alpha value is -1.42. The van der Waals surface area contributed by atoms with Crippen molar-refractivity contribution in [1.29, 1.82) is 0 Å². The highest BCUT2D eigenvalue weighted by Crippen LogP contribution is 2.19. The molecule has 1 N–H and O–H groups in total. The van der Waals surface area contributed by atoms with Crippen LogP contribution in [0.3, 0.4) is 0 Å². The van der Waals surface area contributed by atoms with Crippen LogP contribution in [0.5, 0.6) is 0 Å². The Morgan fingerprint density at radius 1 is 1.58 bits per heavy atom. The van der Waals surface area contributed by atoms with Crippen LogP contribution in [0.25, 0.3) is 10.1 Å². The standard InChI is InChI=1S/C8H5NO2S/c10-8(11)6-3-5-1-2-12-7(5)4-9-6/h1-4H,(H,10,11). The lowest BCUT2D eigenvalue weighted by Gasteiger charge is -1.92. The van der Waals surface area contributed by atoms with Crippen LogP contribution in [-0.2, 0) is 0 Å². The summed E-state index contributed by atoms with van der Waals surface area (Å²) in [5.74, 6) is -0.983. The van der Waals surface area contributed by atoms with Gasteiger partial charge in [-0.2, -0.15) is 0 Å². The molecule has 4 heteroatoms. The largest absolute Gasteiger partial charge is 0.477 e. The summed E-state index contributed by atoms with van der Waals surface area (Å²) in [6.45, 7) is 0. The van der Waals surface area contributed by atoms with Crippen molar-refractivity contribution in [2.75, 3.05) is 0 Å². The summed E-state index contributed by atoms with van der Waals surface area (Å²) < 4.78 is 1.01. The average molecular weight is 179 g/mol. The fraction of sp³-hybridized carbons (Fsp3) is 0. The molecule has 0 radical (unpaired) electrons. The van der Waals surface area contributed by atoms with Crippen molar-refractivity contribution >= 4 is 27.4 Å². The second kappa shape index (κ2) is 2.57. The zero-order valence-corrected chi connectivity index (χ0v) is 6.84. The highest BCUT2D eigenvalue weighted by atomic mass is 32.1. The minimum Gasteiger partial charge on any atom is -0.477 e. The lowest BCUT2D eigenvalue weighted by Crippen LogP contribution is -1.98. The SMILES string of the molecule is O=C(O)c1cc2ccsc2cn1. The molecule has 2 rings (SSSR count). The van der Waals surface area contributed by atoms with Crippen molar-refractivity contribution in [2.45, 2.75) is 0 Å². The number of aromatic nitrogens is 1. The molecular formula is C8H5NO2S. The Bertz CT molecular complexity index is 435. The molecule has 0 bridgehead atoms. The number of aromatic carboxylic acids is 1. The van der Waals surface area contributed by atoms with Gasteiger partial charge in [0.15, 0.2) is 0 Å². The molecule has 0 aliphatic carbocycles. The van der Waals surface area contributed by atoms with E-state index in [-0.39, 0.29) is 5.69 Å². The summed E-state index contributed by atoms with van der Waals surface area (Å²) in [6.07, 6.45) is 1.59. The number of fused-ring (bicyclic) bond motifs is 1. The van der Waals surface area contributed by atoms with Crippen LogP contribution in [0.1, 0.15) is 10.5 Å². The molecular weight excluding hydrogens is 174 g/mol. The lowest BCUT2D eigenvalue weighted by molar-refractivity contribution is 0.0691. The number of hydrogen-bond donors (Lipinski definition) is 1. The Morgan fingerprint density at radius 2 is 2.42 bits per heavy atom. The van der Waals surface area contributed by atoms with E-state index in [1.54, 1.807) is 23.6 Å². The highest BCUT2D eigenvalue weighted by molar-refractivity contribution is 7.17. The van der Waals surface area contributed by atoms with Gasteiger partial charge in [-0.1, -0.05) is 0 Å². The number of carboxylic acids is 1. The molecule has 0 amide bonds. The Morgan fingerprint density at radius 3 is 3.17 bits per heavy atom. The van der Waals surface area contributed by atoms with E-state index in [0.29, 0.717) is 0 Å². The predicted molar refractivity (Wildman–Crippen MR) is 46.6 cm³/mol. The highest BCUT2D eigenvalue weighted by Gasteiger charge is 2.04. The van der Waals surface area contributed by atoms with Gasteiger partial charge in [-0.3, -0.25) is 0 Å². The molecule has 0 aromatic carbocycles. The Labute approximate surface area is 72.3 Å². The van der Waals surface area contributed by atoms with E-state index in [1.165, 1.54) is 0 Å². The minimum absolute atomic E-state index is 0.0981. The first kappa shape index (κ1) is 7.24. The molecule has 0 fully saturated rings. The third-order valence-corrected chi connectivity index (χ3v) is 2.43. The summed E-state index contributed by atoms with van der Waals surface area (Å²) >= 11 is 1.55. The molecule has 0 saturated heterocycles. The van der Waals surface area contributed by atoms with E-state index in [4.69, 9.17) is 5.11 Å². The lowest BCUT2D eigenvalue weighted by atomic mass is 10.3. The topological polar surface area (TPSA) is 50.2 Å². The van der Waals surface area contributed by atoms with Crippen LogP contribution in [0, 0.1) is 0 Å². The summed E-state index contributed by atoms with van der Waals surface area (Å²) in [7, 11) is 0. The normalized spacial score (nSPS) is 10.3. The van der Waals surface area contributed by atoms with Gasteiger partial charge in [-0.25, -0.2) is 9.78 Å². The van der Waals surface area contributed by atoms with Crippen molar-refractivity contribution in [1.82, 2.24) is 4.98 Å². The number of carboxylic acid groups (broad SMARTS) is 1. The van der Waals surface area contributed by atoms with Gasteiger partial charge < -0.3 is 5.11 Å². The quantitative estimate of drug-likeness (QED) is 0.728. The van der Waals surface area contributed by atoms with Gasteiger partial charge in [0.2, 0.25) is 0 Å². The zero-order valence-electron chi connectivity index (χ0n) is 6.02. The molecule has 0 unspecified atom stereocenters. The molecule has 0 spiro atoms. The van der Waals surface area contributed by atoms with Crippen LogP contribution in [-0.4, -0.2) is 16.1 Å². The number of thiophene rings is 1. The summed E-state index contributed by atoms with van der Waals surface area (Å²) in [5, 5.41) is 11.5. The Kier molecular flexibility index (Phi) is 1.55. The van der Waals surface area contributed by atoms with E-state index in [1.807, 2.05) is 11.4 Å². The van der Waals surface area contributed by atoms with Crippen molar-refractivity contribution in [3.05, 3.63) is 29.4 Å². The maximum absolute atomic E-state index is 10.5. The van der Waals surface area contributed by atoms with Crippen molar-refractivity contribution in [2.24, 2.45) is 0 Å². The number of carbonyl (C=O) groups is 1. The van der Waals surface area contributed by atoms with Gasteiger partial charge in [0.1, 0.15) is 5.69 Å². The molecule has 0 saturated carbocycles. The smallest absolute Gasteiger partial charge is 0.354 e. The van der Waals surface area contributed by atoms with Crippen LogP contribution < -0.4 is 0 Å². The first-order valence-electron chi connectivity index (χ1n) is 3.34. The molecule has 0 aliphatic heterocycles.